The first-order valence-electron chi connectivity index (χ1n) is 32.6. The molecule has 26 nitrogen and oxygen atoms in total. The third kappa shape index (κ3) is 22.2. The van der Waals surface area contributed by atoms with Gasteiger partial charge >= 0.3 is 11.9 Å². The molecule has 0 radical (unpaired) electrons. The van der Waals surface area contributed by atoms with Gasteiger partial charge in [0.25, 0.3) is 0 Å². The number of methoxy groups -OCH3 is 1. The largest absolute Gasteiger partial charge is 0.497 e. The van der Waals surface area contributed by atoms with Crippen LogP contribution >= 0.6 is 0 Å². The lowest BCUT2D eigenvalue weighted by atomic mass is 9.92. The van der Waals surface area contributed by atoms with E-state index in [0.717, 1.165) is 15.4 Å². The Hall–Kier alpha value is -8.28. The Morgan fingerprint density at radius 2 is 1.20 bits per heavy atom. The maximum Gasteiger partial charge on any atom is 0.329 e. The smallest absolute Gasteiger partial charge is 0.329 e. The lowest BCUT2D eigenvalue weighted by Gasteiger charge is -2.41. The van der Waals surface area contributed by atoms with Crippen molar-refractivity contribution >= 4 is 65.1 Å². The number of nitrogens with one attached hydrogen (secondary N) is 3. The molecule has 3 N–H and O–H groups in total. The van der Waals surface area contributed by atoms with Crippen molar-refractivity contribution in [3.8, 4) is 5.75 Å². The maximum atomic E-state index is 15.3. The van der Waals surface area contributed by atoms with E-state index in [-0.39, 0.29) is 19.6 Å². The Balaban J connectivity index is 1.95. The second-order valence-corrected chi connectivity index (χ2v) is 26.7. The number of esters is 2. The molecule has 1 aliphatic rings. The highest BCUT2D eigenvalue weighted by Crippen LogP contribution is 2.27. The standard InChI is InChI=1S/C68H106N12O14/c1-21-43(9)57(59(83)70-38-52(81)76(16)55(41(5)6)60(84)71-49(36-46-31-33-48(92-20)34-32-46)67(91)93-39-47-28-24-23-25-29-47)78(18)66(90)58(44(10)22-2)79(19)64(88)51(37-53(82)94-68(12,13)14)75(15)65(89)54(40(3)4)72-61(85)56(42(7)8)77(17)63(87)50-30-26-27-35-80(50)62(86)45(11)73-74-69/h23-25,28-29,31-34,40-45,49-51,54-58H,21-22,26-27,30,35-39H2,1-20H3,(H,70,83)(H,71,84)(H,72,85)/t43-,44-,45+,49-,50-,51-,54-,55-,56-,57-,58-/m0/s1. The number of rotatable bonds is 33. The zero-order chi connectivity index (χ0) is 71.2. The van der Waals surface area contributed by atoms with Gasteiger partial charge in [0.2, 0.25) is 53.2 Å². The number of carbonyl (C=O) groups excluding carboxylic acids is 11. The SMILES string of the molecule is CC[C@H](C)[C@@H](C(=O)NCC(=O)N(C)[C@H](C(=O)N[C@@H](Cc1ccc(OC)cc1)C(=O)OCc1ccccc1)C(C)C)N(C)C(=O)[C@H]([C@@H](C)CC)N(C)C(=O)[C@H](CC(=O)OC(C)(C)C)N(C)C(=O)[C@@H](NC(=O)[C@H](C(C)C)N(C)C(=O)[C@@H]1CCCCN1C(=O)[C@@H](C)N=[N+]=[N-])C(C)C. The van der Waals surface area contributed by atoms with Gasteiger partial charge in [-0.2, -0.15) is 0 Å². The van der Waals surface area contributed by atoms with Crippen LogP contribution in [0.5, 0.6) is 5.75 Å². The first-order valence-corrected chi connectivity index (χ1v) is 32.6. The molecule has 0 aliphatic carbocycles. The second kappa shape index (κ2) is 37.0. The molecule has 0 spiro atoms. The molecule has 9 amide bonds. The molecule has 94 heavy (non-hydrogen) atoms. The number of nitrogens with zero attached hydrogens (tertiary/aromatic N) is 9. The fourth-order valence-corrected chi connectivity index (χ4v) is 11.7. The summed E-state index contributed by atoms with van der Waals surface area (Å²) in [5.41, 5.74) is 9.44. The van der Waals surface area contributed by atoms with Crippen LogP contribution < -0.4 is 20.7 Å². The Kier molecular flexibility index (Phi) is 31.5. The number of ether oxygens (including phenoxy) is 3. The maximum absolute atomic E-state index is 15.3. The van der Waals surface area contributed by atoms with E-state index in [1.54, 1.807) is 113 Å². The number of hydrogen-bond acceptors (Lipinski definition) is 15. The average molecular weight is 1320 g/mol. The van der Waals surface area contributed by atoms with Gasteiger partial charge in [0, 0.05) is 53.1 Å². The number of benzene rings is 2. The number of likely N-dealkylation sites (N-methyl/N-ethyl adjacent to an activating group) is 5. The van der Waals surface area contributed by atoms with Gasteiger partial charge < -0.3 is 59.6 Å². The van der Waals surface area contributed by atoms with E-state index in [1.807, 2.05) is 32.0 Å². The molecule has 11 atom stereocenters. The zero-order valence-electron chi connectivity index (χ0n) is 59.1. The van der Waals surface area contributed by atoms with E-state index in [1.165, 1.54) is 68.9 Å². The Labute approximate surface area is 555 Å². The Morgan fingerprint density at radius 3 is 1.73 bits per heavy atom. The van der Waals surface area contributed by atoms with Gasteiger partial charge in [-0.3, -0.25) is 47.9 Å². The highest BCUT2D eigenvalue weighted by Gasteiger charge is 2.46. The molecule has 0 aromatic heterocycles. The first-order chi connectivity index (χ1) is 44.0. The molecule has 1 saturated heterocycles. The van der Waals surface area contributed by atoms with Crippen molar-refractivity contribution in [1.29, 1.82) is 0 Å². The van der Waals surface area contributed by atoms with Crippen LogP contribution in [0.4, 0.5) is 0 Å². The molecule has 0 saturated carbocycles. The molecule has 26 heteroatoms. The predicted octanol–water partition coefficient (Wildman–Crippen LogP) is 6.07. The van der Waals surface area contributed by atoms with E-state index in [9.17, 15) is 38.4 Å². The van der Waals surface area contributed by atoms with Crippen molar-refractivity contribution in [3.05, 3.63) is 76.2 Å². The summed E-state index contributed by atoms with van der Waals surface area (Å²) in [6, 6.07) is 5.08. The molecule has 1 heterocycles. The van der Waals surface area contributed by atoms with Crippen molar-refractivity contribution in [1.82, 2.24) is 45.3 Å². The van der Waals surface area contributed by atoms with Crippen LogP contribution in [0.1, 0.15) is 147 Å². The summed E-state index contributed by atoms with van der Waals surface area (Å²) in [4.78, 5) is 168. The summed E-state index contributed by atoms with van der Waals surface area (Å²) < 4.78 is 16.7. The monoisotopic (exact) mass is 1310 g/mol. The number of likely N-dealkylation sites (tertiary alicyclic amines) is 1. The van der Waals surface area contributed by atoms with Crippen molar-refractivity contribution in [2.75, 3.05) is 55.4 Å². The summed E-state index contributed by atoms with van der Waals surface area (Å²) in [6.45, 7) is 23.3. The lowest BCUT2D eigenvalue weighted by Crippen LogP contribution is -2.63. The molecule has 522 valence electrons. The quantitative estimate of drug-likeness (QED) is 0.0316. The third-order valence-corrected chi connectivity index (χ3v) is 17.4. The topological polar surface area (TPSA) is 320 Å². The normalized spacial score (nSPS) is 16.4. The number of carbonyl (C=O) groups is 11. The number of piperidine rings is 1. The number of hydrogen-bond donors (Lipinski definition) is 3. The molecule has 0 unspecified atom stereocenters. The third-order valence-electron chi connectivity index (χ3n) is 17.4. The average Bonchev–Trinajstić information content (AvgIpc) is 0.813. The van der Waals surface area contributed by atoms with Crippen LogP contribution in [-0.4, -0.2) is 210 Å². The Bertz CT molecular complexity index is 2970. The fraction of sp³-hybridized carbons (Fsp3) is 0.662. The van der Waals surface area contributed by atoms with E-state index < -0.39 is 168 Å². The minimum atomic E-state index is -1.62. The van der Waals surface area contributed by atoms with Crippen molar-refractivity contribution in [2.45, 2.75) is 208 Å². The summed E-state index contributed by atoms with van der Waals surface area (Å²) in [5, 5.41) is 11.9. The highest BCUT2D eigenvalue weighted by atomic mass is 16.6. The Morgan fingerprint density at radius 1 is 0.649 bits per heavy atom. The van der Waals surface area contributed by atoms with Gasteiger partial charge in [-0.25, -0.2) is 4.79 Å². The van der Waals surface area contributed by atoms with Crippen LogP contribution in [0.2, 0.25) is 0 Å². The number of amides is 9. The molecular formula is C68H106N12O14. The van der Waals surface area contributed by atoms with Crippen molar-refractivity contribution in [2.24, 2.45) is 34.7 Å². The summed E-state index contributed by atoms with van der Waals surface area (Å²) >= 11 is 0. The summed E-state index contributed by atoms with van der Waals surface area (Å²) in [6.07, 6.45) is 1.64. The predicted molar refractivity (Wildman–Crippen MR) is 354 cm³/mol. The van der Waals surface area contributed by atoms with Crippen LogP contribution in [0, 0.1) is 29.6 Å². The van der Waals surface area contributed by atoms with Crippen molar-refractivity contribution < 1.29 is 67.0 Å². The van der Waals surface area contributed by atoms with Gasteiger partial charge in [0.15, 0.2) is 0 Å². The molecule has 1 fully saturated rings. The molecule has 2 aromatic rings. The van der Waals surface area contributed by atoms with Crippen LogP contribution in [0.25, 0.3) is 10.4 Å². The summed E-state index contributed by atoms with van der Waals surface area (Å²) in [5.74, 6) is -9.76. The minimum Gasteiger partial charge on any atom is -0.497 e. The van der Waals surface area contributed by atoms with Gasteiger partial charge in [-0.1, -0.05) is 130 Å². The molecule has 1 aliphatic heterocycles. The fourth-order valence-electron chi connectivity index (χ4n) is 11.7. The molecule has 0 bridgehead atoms. The minimum absolute atomic E-state index is 0.0469. The second-order valence-electron chi connectivity index (χ2n) is 26.7. The van der Waals surface area contributed by atoms with Crippen LogP contribution in [0.3, 0.4) is 0 Å². The van der Waals surface area contributed by atoms with Gasteiger partial charge in [0.05, 0.1) is 20.1 Å². The molecule has 3 rings (SSSR count). The van der Waals surface area contributed by atoms with Gasteiger partial charge in [-0.15, -0.1) is 0 Å². The van der Waals surface area contributed by atoms with Crippen LogP contribution in [0.15, 0.2) is 59.7 Å². The van der Waals surface area contributed by atoms with E-state index in [2.05, 4.69) is 26.0 Å². The van der Waals surface area contributed by atoms with E-state index in [0.29, 0.717) is 43.4 Å². The zero-order valence-corrected chi connectivity index (χ0v) is 59.1. The highest BCUT2D eigenvalue weighted by molar-refractivity contribution is 5.99. The van der Waals surface area contributed by atoms with Crippen molar-refractivity contribution in [3.63, 3.8) is 0 Å². The summed E-state index contributed by atoms with van der Waals surface area (Å²) in [7, 11) is 8.49. The van der Waals surface area contributed by atoms with E-state index in [4.69, 9.17) is 19.7 Å². The van der Waals surface area contributed by atoms with E-state index >= 15 is 14.4 Å². The molecular weight excluding hydrogens is 1210 g/mol. The molecule has 2 aromatic carbocycles. The van der Waals surface area contributed by atoms with Crippen LogP contribution in [-0.2, 0) is 75.2 Å². The lowest BCUT2D eigenvalue weighted by molar-refractivity contribution is -0.162. The van der Waals surface area contributed by atoms with Gasteiger partial charge in [0.1, 0.15) is 72.3 Å². The number of azide groups is 1. The first kappa shape index (κ1) is 80.0. The van der Waals surface area contributed by atoms with Gasteiger partial charge in [-0.05, 0) is 105 Å².